The number of halogens is 1. The molecule has 34 heavy (non-hydrogen) atoms. The van der Waals surface area contributed by atoms with Crippen molar-refractivity contribution in [3.05, 3.63) is 98.8 Å². The molecule has 0 fully saturated rings. The number of hydrogen-bond acceptors (Lipinski definition) is 7. The number of nitro groups is 1. The Balaban J connectivity index is 1.41. The fourth-order valence-corrected chi connectivity index (χ4v) is 3.32. The Morgan fingerprint density at radius 3 is 2.74 bits per heavy atom. The lowest BCUT2D eigenvalue weighted by molar-refractivity contribution is -0.384. The normalized spacial score (nSPS) is 11.0. The first-order valence-corrected chi connectivity index (χ1v) is 10.4. The van der Waals surface area contributed by atoms with Gasteiger partial charge in [-0.1, -0.05) is 29.8 Å². The van der Waals surface area contributed by atoms with Crippen LogP contribution in [0.4, 0.5) is 5.69 Å². The molecule has 172 valence electrons. The van der Waals surface area contributed by atoms with Gasteiger partial charge in [-0.05, 0) is 42.0 Å². The number of amides is 1. The Bertz CT molecular complexity index is 1400. The maximum Gasteiger partial charge on any atom is 0.307 e. The van der Waals surface area contributed by atoms with Crippen molar-refractivity contribution >= 4 is 40.4 Å². The summed E-state index contributed by atoms with van der Waals surface area (Å²) < 4.78 is 16.7. The molecule has 1 heterocycles. The number of hydrogen-bond donors (Lipinski definition) is 1. The summed E-state index contributed by atoms with van der Waals surface area (Å²) in [6, 6.07) is 18.1. The van der Waals surface area contributed by atoms with E-state index < -0.39 is 10.8 Å². The average molecular weight is 480 g/mol. The average Bonchev–Trinajstić information content (AvgIpc) is 3.27. The molecule has 0 radical (unpaired) electrons. The van der Waals surface area contributed by atoms with E-state index in [-0.39, 0.29) is 18.1 Å². The predicted octanol–water partition coefficient (Wildman–Crippen LogP) is 5.35. The highest BCUT2D eigenvalue weighted by atomic mass is 35.5. The van der Waals surface area contributed by atoms with Gasteiger partial charge in [0.15, 0.2) is 17.3 Å². The highest BCUT2D eigenvalue weighted by molar-refractivity contribution is 6.31. The van der Waals surface area contributed by atoms with Gasteiger partial charge in [0.1, 0.15) is 12.2 Å². The molecule has 3 aromatic carbocycles. The van der Waals surface area contributed by atoms with Gasteiger partial charge in [0.25, 0.3) is 5.69 Å². The first-order chi connectivity index (χ1) is 16.4. The van der Waals surface area contributed by atoms with Crippen LogP contribution in [0.5, 0.6) is 11.5 Å². The lowest BCUT2D eigenvalue weighted by atomic mass is 10.2. The van der Waals surface area contributed by atoms with E-state index in [1.54, 1.807) is 24.3 Å². The molecule has 0 aliphatic carbocycles. The van der Waals surface area contributed by atoms with Crippen LogP contribution >= 0.6 is 11.6 Å². The lowest BCUT2D eigenvalue weighted by Gasteiger charge is -2.12. The Morgan fingerprint density at radius 1 is 1.15 bits per heavy atom. The maximum atomic E-state index is 12.3. The molecule has 0 bridgehead atoms. The largest absolute Gasteiger partial charge is 0.493 e. The number of ether oxygens (including phenoxy) is 2. The summed E-state index contributed by atoms with van der Waals surface area (Å²) in [5.74, 6) is 0.400. The van der Waals surface area contributed by atoms with Gasteiger partial charge in [-0.2, -0.15) is 5.10 Å². The van der Waals surface area contributed by atoms with Gasteiger partial charge >= 0.3 is 5.91 Å². The molecule has 0 aliphatic rings. The highest BCUT2D eigenvalue weighted by Gasteiger charge is 2.14. The Kier molecular flexibility index (Phi) is 6.74. The molecule has 0 saturated carbocycles. The molecule has 1 aromatic heterocycles. The number of nitrogens with one attached hydrogen (secondary N) is 1. The van der Waals surface area contributed by atoms with Crippen LogP contribution in [0.25, 0.3) is 11.0 Å². The minimum Gasteiger partial charge on any atom is -0.493 e. The second kappa shape index (κ2) is 10.1. The molecular weight excluding hydrogens is 462 g/mol. The molecule has 0 spiro atoms. The van der Waals surface area contributed by atoms with Gasteiger partial charge in [0, 0.05) is 28.1 Å². The third kappa shape index (κ3) is 5.16. The SMILES string of the molecule is COc1cc(/C=N/NC(=O)c2cc3cc([N+](=O)[O-])ccc3o2)ccc1OCc1ccccc1Cl. The Labute approximate surface area is 198 Å². The zero-order valence-electron chi connectivity index (χ0n) is 17.9. The summed E-state index contributed by atoms with van der Waals surface area (Å²) in [6.45, 7) is 0.278. The second-order valence-electron chi connectivity index (χ2n) is 7.08. The van der Waals surface area contributed by atoms with Crippen molar-refractivity contribution < 1.29 is 23.6 Å². The molecule has 4 aromatic rings. The molecule has 0 aliphatic heterocycles. The first-order valence-electron chi connectivity index (χ1n) is 10.0. The number of carbonyl (C=O) groups excluding carboxylic acids is 1. The van der Waals surface area contributed by atoms with Crippen LogP contribution in [0.3, 0.4) is 0 Å². The number of nitrogens with zero attached hydrogens (tertiary/aromatic N) is 2. The van der Waals surface area contributed by atoms with E-state index in [1.807, 2.05) is 18.2 Å². The van der Waals surface area contributed by atoms with Crippen molar-refractivity contribution in [3.8, 4) is 11.5 Å². The number of rotatable bonds is 8. The van der Waals surface area contributed by atoms with Gasteiger partial charge in [-0.3, -0.25) is 14.9 Å². The second-order valence-corrected chi connectivity index (χ2v) is 7.49. The summed E-state index contributed by atoms with van der Waals surface area (Å²) >= 11 is 6.16. The molecule has 0 atom stereocenters. The summed E-state index contributed by atoms with van der Waals surface area (Å²) in [5, 5.41) is 15.9. The van der Waals surface area contributed by atoms with E-state index in [1.165, 1.54) is 37.6 Å². The standard InChI is InChI=1S/C24H18ClN3O6/c1-32-22-10-15(6-8-21(22)33-14-16-4-2-3-5-19(16)25)13-26-27-24(29)23-12-17-11-18(28(30)31)7-9-20(17)34-23/h2-13H,14H2,1H3,(H,27,29)/b26-13+. The number of non-ortho nitro benzene ring substituents is 1. The van der Waals surface area contributed by atoms with Crippen LogP contribution in [0.15, 0.2) is 76.2 Å². The predicted molar refractivity (Wildman–Crippen MR) is 127 cm³/mol. The number of fused-ring (bicyclic) bond motifs is 1. The van der Waals surface area contributed by atoms with Gasteiger partial charge < -0.3 is 13.9 Å². The summed E-state index contributed by atoms with van der Waals surface area (Å²) in [5.41, 5.74) is 4.14. The first kappa shape index (κ1) is 22.8. The molecule has 0 saturated heterocycles. The smallest absolute Gasteiger partial charge is 0.307 e. The van der Waals surface area contributed by atoms with Crippen LogP contribution in [-0.2, 0) is 6.61 Å². The zero-order chi connectivity index (χ0) is 24.1. The van der Waals surface area contributed by atoms with E-state index in [0.29, 0.717) is 33.1 Å². The third-order valence-electron chi connectivity index (χ3n) is 4.84. The number of benzene rings is 3. The maximum absolute atomic E-state index is 12.3. The number of methoxy groups -OCH3 is 1. The van der Waals surface area contributed by atoms with Crippen LogP contribution < -0.4 is 14.9 Å². The van der Waals surface area contributed by atoms with Crippen LogP contribution in [-0.4, -0.2) is 24.2 Å². The van der Waals surface area contributed by atoms with Crippen molar-refractivity contribution in [1.29, 1.82) is 0 Å². The minimum absolute atomic E-state index is 0.0199. The fraction of sp³-hybridized carbons (Fsp3) is 0.0833. The summed E-state index contributed by atoms with van der Waals surface area (Å²) in [7, 11) is 1.52. The minimum atomic E-state index is -0.596. The molecule has 1 N–H and O–H groups in total. The molecule has 1 amide bonds. The van der Waals surface area contributed by atoms with Crippen molar-refractivity contribution in [2.45, 2.75) is 6.61 Å². The topological polar surface area (TPSA) is 116 Å². The lowest BCUT2D eigenvalue weighted by Crippen LogP contribution is -2.16. The van der Waals surface area contributed by atoms with Crippen LogP contribution in [0.1, 0.15) is 21.7 Å². The van der Waals surface area contributed by atoms with Crippen LogP contribution in [0, 0.1) is 10.1 Å². The van der Waals surface area contributed by atoms with Gasteiger partial charge in [-0.15, -0.1) is 0 Å². The van der Waals surface area contributed by atoms with E-state index in [4.69, 9.17) is 25.5 Å². The monoisotopic (exact) mass is 479 g/mol. The van der Waals surface area contributed by atoms with E-state index in [9.17, 15) is 14.9 Å². The molecular formula is C24H18ClN3O6. The van der Waals surface area contributed by atoms with Gasteiger partial charge in [-0.25, -0.2) is 5.43 Å². The highest BCUT2D eigenvalue weighted by Crippen LogP contribution is 2.29. The van der Waals surface area contributed by atoms with Crippen molar-refractivity contribution in [3.63, 3.8) is 0 Å². The van der Waals surface area contributed by atoms with Crippen molar-refractivity contribution in [2.24, 2.45) is 5.10 Å². The fourth-order valence-electron chi connectivity index (χ4n) is 3.13. The molecule has 10 heteroatoms. The van der Waals surface area contributed by atoms with E-state index in [0.717, 1.165) is 5.56 Å². The van der Waals surface area contributed by atoms with Crippen LogP contribution in [0.2, 0.25) is 5.02 Å². The van der Waals surface area contributed by atoms with Gasteiger partial charge in [0.05, 0.1) is 18.2 Å². The van der Waals surface area contributed by atoms with E-state index in [2.05, 4.69) is 10.5 Å². The Morgan fingerprint density at radius 2 is 1.97 bits per heavy atom. The van der Waals surface area contributed by atoms with Crippen molar-refractivity contribution in [2.75, 3.05) is 7.11 Å². The number of nitro benzene ring substituents is 1. The number of furan rings is 1. The molecule has 4 rings (SSSR count). The number of hydrazone groups is 1. The third-order valence-corrected chi connectivity index (χ3v) is 5.21. The quantitative estimate of drug-likeness (QED) is 0.207. The van der Waals surface area contributed by atoms with E-state index >= 15 is 0 Å². The zero-order valence-corrected chi connectivity index (χ0v) is 18.6. The number of carbonyl (C=O) groups is 1. The molecule has 0 unspecified atom stereocenters. The molecule has 9 nitrogen and oxygen atoms in total. The Hall–Kier alpha value is -4.37. The summed E-state index contributed by atoms with van der Waals surface area (Å²) in [6.07, 6.45) is 1.44. The van der Waals surface area contributed by atoms with Crippen molar-refractivity contribution in [1.82, 2.24) is 5.43 Å². The van der Waals surface area contributed by atoms with Gasteiger partial charge in [0.2, 0.25) is 0 Å². The summed E-state index contributed by atoms with van der Waals surface area (Å²) in [4.78, 5) is 22.7.